The highest BCUT2D eigenvalue weighted by atomic mass is 16.2. The molecule has 154 valence electrons. The predicted octanol–water partition coefficient (Wildman–Crippen LogP) is 2.02. The van der Waals surface area contributed by atoms with Crippen LogP contribution in [0, 0.1) is 11.3 Å². The number of likely N-dealkylation sites (tertiary alicyclic amines) is 1. The maximum absolute atomic E-state index is 12.4. The van der Waals surface area contributed by atoms with E-state index in [1.165, 1.54) is 6.42 Å². The maximum atomic E-state index is 12.4. The van der Waals surface area contributed by atoms with E-state index in [1.54, 1.807) is 0 Å². The van der Waals surface area contributed by atoms with Gasteiger partial charge in [-0.15, -0.1) is 0 Å². The highest BCUT2D eigenvalue weighted by molar-refractivity contribution is 5.82. The first kappa shape index (κ1) is 20.4. The maximum Gasteiger partial charge on any atom is 0.225 e. The largest absolute Gasteiger partial charge is 0.356 e. The molecule has 2 saturated heterocycles. The van der Waals surface area contributed by atoms with Crippen LogP contribution in [0.4, 0.5) is 0 Å². The van der Waals surface area contributed by atoms with E-state index in [0.717, 1.165) is 71.2 Å². The van der Waals surface area contributed by atoms with Gasteiger partial charge in [0.25, 0.3) is 0 Å². The van der Waals surface area contributed by atoms with Gasteiger partial charge in [-0.2, -0.15) is 0 Å². The topological polar surface area (TPSA) is 51.2 Å². The van der Waals surface area contributed by atoms with Crippen molar-refractivity contribution >= 4 is 11.9 Å². The molecule has 0 aromatic rings. The van der Waals surface area contributed by atoms with Crippen LogP contribution in [0.1, 0.15) is 53.9 Å². The molecule has 27 heavy (non-hydrogen) atoms. The first-order valence-electron chi connectivity index (χ1n) is 10.8. The van der Waals surface area contributed by atoms with E-state index in [4.69, 9.17) is 4.99 Å². The molecule has 0 atom stereocenters. The van der Waals surface area contributed by atoms with Gasteiger partial charge in [0.2, 0.25) is 5.91 Å². The Bertz CT molecular complexity index is 559. The molecule has 2 heterocycles. The van der Waals surface area contributed by atoms with E-state index in [9.17, 15) is 4.79 Å². The lowest BCUT2D eigenvalue weighted by Gasteiger charge is -2.62. The Hall–Kier alpha value is -1.30. The van der Waals surface area contributed by atoms with E-state index in [-0.39, 0.29) is 5.54 Å². The van der Waals surface area contributed by atoms with Crippen LogP contribution in [0.2, 0.25) is 0 Å². The summed E-state index contributed by atoms with van der Waals surface area (Å²) >= 11 is 0. The molecule has 0 aromatic carbocycles. The second kappa shape index (κ2) is 7.98. The summed E-state index contributed by atoms with van der Waals surface area (Å²) in [7, 11) is 0. The molecule has 3 rings (SSSR count). The van der Waals surface area contributed by atoms with Gasteiger partial charge in [0, 0.05) is 62.7 Å². The van der Waals surface area contributed by atoms with Crippen LogP contribution in [0.15, 0.2) is 4.99 Å². The van der Waals surface area contributed by atoms with E-state index in [1.807, 2.05) is 0 Å². The van der Waals surface area contributed by atoms with Crippen molar-refractivity contribution in [1.82, 2.24) is 20.0 Å². The van der Waals surface area contributed by atoms with Gasteiger partial charge in [-0.1, -0.05) is 20.3 Å². The van der Waals surface area contributed by atoms with Crippen LogP contribution in [-0.4, -0.2) is 84.5 Å². The number of piperazine rings is 1. The number of nitrogens with one attached hydrogen (secondary N) is 1. The molecule has 6 heteroatoms. The van der Waals surface area contributed by atoms with Gasteiger partial charge in [-0.3, -0.25) is 14.7 Å². The molecule has 1 saturated carbocycles. The monoisotopic (exact) mass is 377 g/mol. The summed E-state index contributed by atoms with van der Waals surface area (Å²) in [6.07, 6.45) is 3.43. The van der Waals surface area contributed by atoms with Crippen LogP contribution in [0.5, 0.6) is 0 Å². The van der Waals surface area contributed by atoms with E-state index < -0.39 is 0 Å². The van der Waals surface area contributed by atoms with Crippen molar-refractivity contribution in [2.75, 3.05) is 52.4 Å². The quantitative estimate of drug-likeness (QED) is 0.588. The zero-order valence-electron chi connectivity index (χ0n) is 18.1. The molecule has 0 bridgehead atoms. The lowest BCUT2D eigenvalue weighted by atomic mass is 9.65. The minimum Gasteiger partial charge on any atom is -0.356 e. The second-order valence-corrected chi connectivity index (χ2v) is 9.56. The molecule has 2 aliphatic heterocycles. The van der Waals surface area contributed by atoms with Crippen molar-refractivity contribution in [3.05, 3.63) is 0 Å². The zero-order valence-corrected chi connectivity index (χ0v) is 18.1. The number of guanidine groups is 1. The highest BCUT2D eigenvalue weighted by Gasteiger charge is 2.53. The number of carbonyl (C=O) groups is 1. The number of aliphatic imine (C=N–C) groups is 1. The average molecular weight is 378 g/mol. The van der Waals surface area contributed by atoms with Gasteiger partial charge in [0.1, 0.15) is 0 Å². The van der Waals surface area contributed by atoms with Crippen LogP contribution < -0.4 is 5.32 Å². The van der Waals surface area contributed by atoms with Gasteiger partial charge in [-0.25, -0.2) is 0 Å². The van der Waals surface area contributed by atoms with Crippen LogP contribution in [0.3, 0.4) is 0 Å². The summed E-state index contributed by atoms with van der Waals surface area (Å²) < 4.78 is 0. The third kappa shape index (κ3) is 4.10. The smallest absolute Gasteiger partial charge is 0.225 e. The summed E-state index contributed by atoms with van der Waals surface area (Å²) in [5, 5.41) is 3.47. The van der Waals surface area contributed by atoms with E-state index >= 15 is 0 Å². The molecule has 6 nitrogen and oxygen atoms in total. The molecular formula is C21H39N5O. The normalized spacial score (nSPS) is 25.7. The van der Waals surface area contributed by atoms with Crippen LogP contribution >= 0.6 is 0 Å². The standard InChI is InChI=1S/C21H39N5O/c1-6-22-19(26-16-20(2,3)21(26,4)5)23-10-11-24-12-14-25(15-13-24)18(27)17-8-7-9-17/h17H,6-16H2,1-5H3,(H,22,23). The number of hydrogen-bond donors (Lipinski definition) is 1. The molecule has 0 aromatic heterocycles. The Morgan fingerprint density at radius 1 is 1.11 bits per heavy atom. The molecule has 0 unspecified atom stereocenters. The van der Waals surface area contributed by atoms with Gasteiger partial charge in [0.15, 0.2) is 5.96 Å². The number of amides is 1. The van der Waals surface area contributed by atoms with E-state index in [2.05, 4.69) is 54.6 Å². The molecule has 3 aliphatic rings. The average Bonchev–Trinajstić information content (AvgIpc) is 2.58. The van der Waals surface area contributed by atoms with Gasteiger partial charge in [-0.05, 0) is 33.6 Å². The number of rotatable bonds is 5. The number of hydrogen-bond acceptors (Lipinski definition) is 3. The Morgan fingerprint density at radius 3 is 2.26 bits per heavy atom. The van der Waals surface area contributed by atoms with Crippen LogP contribution in [-0.2, 0) is 4.79 Å². The van der Waals surface area contributed by atoms with Gasteiger partial charge in [0.05, 0.1) is 6.54 Å². The van der Waals surface area contributed by atoms with Crippen molar-refractivity contribution in [3.8, 4) is 0 Å². The Morgan fingerprint density at radius 2 is 1.78 bits per heavy atom. The zero-order chi connectivity index (χ0) is 19.7. The molecule has 0 radical (unpaired) electrons. The number of nitrogens with zero attached hydrogens (tertiary/aromatic N) is 4. The minimum atomic E-state index is 0.127. The molecule has 1 aliphatic carbocycles. The third-order valence-corrected chi connectivity index (χ3v) is 7.29. The molecule has 0 spiro atoms. The highest BCUT2D eigenvalue weighted by Crippen LogP contribution is 2.46. The SMILES string of the molecule is CCNC(=NCCN1CCN(C(=O)C2CCC2)CC1)N1CC(C)(C)C1(C)C. The fourth-order valence-electron chi connectivity index (χ4n) is 4.20. The van der Waals surface area contributed by atoms with Crippen molar-refractivity contribution in [2.45, 2.75) is 59.4 Å². The fourth-order valence-corrected chi connectivity index (χ4v) is 4.20. The summed E-state index contributed by atoms with van der Waals surface area (Å²) in [5.41, 5.74) is 0.439. The Kier molecular flexibility index (Phi) is 6.04. The van der Waals surface area contributed by atoms with Crippen LogP contribution in [0.25, 0.3) is 0 Å². The Balaban J connectivity index is 1.45. The fraction of sp³-hybridized carbons (Fsp3) is 0.905. The molecule has 1 amide bonds. The second-order valence-electron chi connectivity index (χ2n) is 9.56. The minimum absolute atomic E-state index is 0.127. The number of carbonyl (C=O) groups excluding carboxylic acids is 1. The summed E-state index contributed by atoms with van der Waals surface area (Å²) in [6, 6.07) is 0. The van der Waals surface area contributed by atoms with E-state index in [0.29, 0.717) is 17.2 Å². The van der Waals surface area contributed by atoms with Gasteiger partial charge >= 0.3 is 0 Å². The predicted molar refractivity (Wildman–Crippen MR) is 111 cm³/mol. The third-order valence-electron chi connectivity index (χ3n) is 7.29. The van der Waals surface area contributed by atoms with Crippen molar-refractivity contribution in [2.24, 2.45) is 16.3 Å². The summed E-state index contributed by atoms with van der Waals surface area (Å²) in [5.74, 6) is 1.77. The molecule has 3 fully saturated rings. The lowest BCUT2D eigenvalue weighted by molar-refractivity contribution is -0.139. The van der Waals surface area contributed by atoms with Gasteiger partial charge < -0.3 is 15.1 Å². The van der Waals surface area contributed by atoms with Crippen molar-refractivity contribution in [3.63, 3.8) is 0 Å². The molecular weight excluding hydrogens is 338 g/mol. The molecule has 1 N–H and O–H groups in total. The summed E-state index contributed by atoms with van der Waals surface area (Å²) in [6.45, 7) is 18.9. The first-order valence-corrected chi connectivity index (χ1v) is 10.8. The first-order chi connectivity index (χ1) is 12.8. The lowest BCUT2D eigenvalue weighted by Crippen LogP contribution is -2.72. The Labute approximate surface area is 165 Å². The van der Waals surface area contributed by atoms with Crippen molar-refractivity contribution in [1.29, 1.82) is 0 Å². The summed E-state index contributed by atoms with van der Waals surface area (Å²) in [4.78, 5) is 24.2. The van der Waals surface area contributed by atoms with Crippen molar-refractivity contribution < 1.29 is 4.79 Å².